The molecule has 2 aliphatic carbocycles. The number of amides is 1. The van der Waals surface area contributed by atoms with Gasteiger partial charge in [-0.25, -0.2) is 4.98 Å². The number of carbonyl (C=O) groups excluding carboxylic acids is 1. The molecule has 0 aliphatic heterocycles. The van der Waals surface area contributed by atoms with Gasteiger partial charge < -0.3 is 15.5 Å². The lowest BCUT2D eigenvalue weighted by molar-refractivity contribution is 0.0926. The number of rotatable bonds is 5. The molecule has 4 rings (SSSR count). The van der Waals surface area contributed by atoms with Gasteiger partial charge in [-0.2, -0.15) is 4.98 Å². The first-order valence-electron chi connectivity index (χ1n) is 11.0. The Morgan fingerprint density at radius 1 is 1.00 bits per heavy atom. The van der Waals surface area contributed by atoms with Crippen LogP contribution in [0.2, 0.25) is 10.0 Å². The minimum absolute atomic E-state index is 0.108. The maximum atomic E-state index is 12.5. The largest absolute Gasteiger partial charge is 0.362 e. The molecular formula is C23H29Cl2N5O. The Morgan fingerprint density at radius 3 is 2.42 bits per heavy atom. The number of hydrogen-bond acceptors (Lipinski definition) is 5. The van der Waals surface area contributed by atoms with E-state index in [-0.39, 0.29) is 11.9 Å². The van der Waals surface area contributed by atoms with Gasteiger partial charge in [0.1, 0.15) is 5.82 Å². The van der Waals surface area contributed by atoms with Crippen LogP contribution in [0.5, 0.6) is 0 Å². The molecule has 2 aliphatic rings. The second-order valence-electron chi connectivity index (χ2n) is 8.69. The standard InChI is InChI=1S/C23H29Cl2N5O/c1-30(2)21-17-5-3-4-6-20(17)28-23(29-21)27-16-10-8-15(9-11-16)26-22(31)14-7-12-18(24)19(25)13-14/h7,12-13,15-16H,3-6,8-11H2,1-2H3,(H,26,31)(H,27,28,29). The predicted molar refractivity (Wildman–Crippen MR) is 127 cm³/mol. The first kappa shape index (κ1) is 22.2. The third-order valence-electron chi connectivity index (χ3n) is 6.16. The topological polar surface area (TPSA) is 70.2 Å². The molecule has 0 saturated heterocycles. The highest BCUT2D eigenvalue weighted by atomic mass is 35.5. The molecule has 2 aromatic rings. The lowest BCUT2D eigenvalue weighted by Crippen LogP contribution is -2.40. The zero-order valence-corrected chi connectivity index (χ0v) is 19.6. The van der Waals surface area contributed by atoms with Gasteiger partial charge in [0, 0.05) is 37.3 Å². The Labute approximate surface area is 193 Å². The van der Waals surface area contributed by atoms with Gasteiger partial charge in [-0.1, -0.05) is 23.2 Å². The van der Waals surface area contributed by atoms with Crippen LogP contribution in [-0.2, 0) is 12.8 Å². The first-order chi connectivity index (χ1) is 14.9. The lowest BCUT2D eigenvalue weighted by Gasteiger charge is -2.30. The summed E-state index contributed by atoms with van der Waals surface area (Å²) in [6.07, 6.45) is 8.25. The van der Waals surface area contributed by atoms with Crippen LogP contribution in [0.15, 0.2) is 18.2 Å². The van der Waals surface area contributed by atoms with Gasteiger partial charge in [-0.3, -0.25) is 4.79 Å². The van der Waals surface area contributed by atoms with E-state index in [2.05, 4.69) is 15.5 Å². The fourth-order valence-corrected chi connectivity index (χ4v) is 4.78. The summed E-state index contributed by atoms with van der Waals surface area (Å²) in [5.41, 5.74) is 3.03. The Morgan fingerprint density at radius 2 is 1.71 bits per heavy atom. The van der Waals surface area contributed by atoms with E-state index in [9.17, 15) is 4.79 Å². The van der Waals surface area contributed by atoms with Crippen molar-refractivity contribution in [3.05, 3.63) is 45.1 Å². The summed E-state index contributed by atoms with van der Waals surface area (Å²) in [7, 11) is 4.09. The molecule has 166 valence electrons. The molecule has 0 radical (unpaired) electrons. The number of aryl methyl sites for hydroxylation is 1. The minimum Gasteiger partial charge on any atom is -0.362 e. The number of nitrogens with one attached hydrogen (secondary N) is 2. The summed E-state index contributed by atoms with van der Waals surface area (Å²) in [6, 6.07) is 5.44. The van der Waals surface area contributed by atoms with E-state index in [1.807, 2.05) is 14.1 Å². The summed E-state index contributed by atoms with van der Waals surface area (Å²) in [5, 5.41) is 7.52. The van der Waals surface area contributed by atoms with Gasteiger partial charge in [0.15, 0.2) is 0 Å². The van der Waals surface area contributed by atoms with E-state index in [0.717, 1.165) is 50.3 Å². The van der Waals surface area contributed by atoms with Gasteiger partial charge in [0.2, 0.25) is 5.95 Å². The number of benzene rings is 1. The van der Waals surface area contributed by atoms with Crippen LogP contribution in [-0.4, -0.2) is 42.1 Å². The smallest absolute Gasteiger partial charge is 0.251 e. The van der Waals surface area contributed by atoms with E-state index in [0.29, 0.717) is 21.7 Å². The van der Waals surface area contributed by atoms with Crippen molar-refractivity contribution in [2.24, 2.45) is 0 Å². The number of hydrogen-bond donors (Lipinski definition) is 2. The van der Waals surface area contributed by atoms with Gasteiger partial charge in [0.05, 0.1) is 15.7 Å². The number of halogens is 2. The van der Waals surface area contributed by atoms with Crippen LogP contribution in [0.1, 0.15) is 60.1 Å². The molecule has 1 aromatic heterocycles. The molecule has 0 atom stereocenters. The van der Waals surface area contributed by atoms with E-state index in [4.69, 9.17) is 33.2 Å². The Hall–Kier alpha value is -2.05. The van der Waals surface area contributed by atoms with Crippen LogP contribution in [0.25, 0.3) is 0 Å². The number of carbonyl (C=O) groups is 1. The summed E-state index contributed by atoms with van der Waals surface area (Å²) in [4.78, 5) is 24.3. The quantitative estimate of drug-likeness (QED) is 0.663. The van der Waals surface area contributed by atoms with Gasteiger partial charge >= 0.3 is 0 Å². The molecule has 0 bridgehead atoms. The van der Waals surface area contributed by atoms with Gasteiger partial charge in [-0.15, -0.1) is 0 Å². The van der Waals surface area contributed by atoms with Crippen molar-refractivity contribution in [1.82, 2.24) is 15.3 Å². The summed E-state index contributed by atoms with van der Waals surface area (Å²) < 4.78 is 0. The van der Waals surface area contributed by atoms with Crippen molar-refractivity contribution < 1.29 is 4.79 Å². The van der Waals surface area contributed by atoms with Crippen LogP contribution >= 0.6 is 23.2 Å². The number of fused-ring (bicyclic) bond motifs is 1. The third kappa shape index (κ3) is 5.24. The Balaban J connectivity index is 1.34. The fraction of sp³-hybridized carbons (Fsp3) is 0.522. The van der Waals surface area contributed by atoms with E-state index in [1.54, 1.807) is 18.2 Å². The van der Waals surface area contributed by atoms with Gasteiger partial charge in [-0.05, 0) is 69.6 Å². The summed E-state index contributed by atoms with van der Waals surface area (Å²) >= 11 is 12.0. The van der Waals surface area contributed by atoms with Crippen LogP contribution < -0.4 is 15.5 Å². The molecule has 8 heteroatoms. The number of anilines is 2. The Bertz CT molecular complexity index is 957. The van der Waals surface area contributed by atoms with Crippen molar-refractivity contribution in [3.63, 3.8) is 0 Å². The monoisotopic (exact) mass is 461 g/mol. The normalized spacial score (nSPS) is 20.6. The summed E-state index contributed by atoms with van der Waals surface area (Å²) in [5.74, 6) is 1.66. The molecule has 1 amide bonds. The number of nitrogens with zero attached hydrogens (tertiary/aromatic N) is 3. The molecule has 2 N–H and O–H groups in total. The molecule has 1 saturated carbocycles. The second-order valence-corrected chi connectivity index (χ2v) is 9.51. The van der Waals surface area contributed by atoms with Crippen LogP contribution in [0.3, 0.4) is 0 Å². The van der Waals surface area contributed by atoms with Crippen molar-refractivity contribution in [3.8, 4) is 0 Å². The molecule has 1 heterocycles. The highest BCUT2D eigenvalue weighted by molar-refractivity contribution is 6.42. The van der Waals surface area contributed by atoms with Gasteiger partial charge in [0.25, 0.3) is 5.91 Å². The lowest BCUT2D eigenvalue weighted by atomic mass is 9.91. The average Bonchev–Trinajstić information content (AvgIpc) is 2.76. The zero-order chi connectivity index (χ0) is 22.0. The van der Waals surface area contributed by atoms with Crippen LogP contribution in [0, 0.1) is 0 Å². The van der Waals surface area contributed by atoms with E-state index >= 15 is 0 Å². The van der Waals surface area contributed by atoms with Crippen LogP contribution in [0.4, 0.5) is 11.8 Å². The van der Waals surface area contributed by atoms with Crippen molar-refractivity contribution >= 4 is 40.9 Å². The minimum atomic E-state index is -0.108. The molecule has 1 aromatic carbocycles. The van der Waals surface area contributed by atoms with Crippen molar-refractivity contribution in [2.45, 2.75) is 63.5 Å². The third-order valence-corrected chi connectivity index (χ3v) is 6.90. The SMILES string of the molecule is CN(C)c1nc(NC2CCC(NC(=O)c3ccc(Cl)c(Cl)c3)CC2)nc2c1CCCC2. The highest BCUT2D eigenvalue weighted by Gasteiger charge is 2.25. The zero-order valence-electron chi connectivity index (χ0n) is 18.0. The Kier molecular flexibility index (Phi) is 6.87. The maximum Gasteiger partial charge on any atom is 0.251 e. The van der Waals surface area contributed by atoms with E-state index in [1.165, 1.54) is 24.1 Å². The van der Waals surface area contributed by atoms with Crippen molar-refractivity contribution in [1.29, 1.82) is 0 Å². The average molecular weight is 462 g/mol. The highest BCUT2D eigenvalue weighted by Crippen LogP contribution is 2.29. The second kappa shape index (κ2) is 9.61. The molecule has 0 spiro atoms. The molecule has 1 fully saturated rings. The molecular weight excluding hydrogens is 433 g/mol. The number of aromatic nitrogens is 2. The first-order valence-corrected chi connectivity index (χ1v) is 11.8. The summed E-state index contributed by atoms with van der Waals surface area (Å²) in [6.45, 7) is 0. The van der Waals surface area contributed by atoms with Crippen molar-refractivity contribution in [2.75, 3.05) is 24.3 Å². The molecule has 6 nitrogen and oxygen atoms in total. The van der Waals surface area contributed by atoms with E-state index < -0.39 is 0 Å². The fourth-order valence-electron chi connectivity index (χ4n) is 4.48. The maximum absolute atomic E-state index is 12.5. The molecule has 31 heavy (non-hydrogen) atoms. The molecule has 0 unspecified atom stereocenters. The predicted octanol–water partition coefficient (Wildman–Crippen LogP) is 4.88.